The maximum Gasteiger partial charge on any atom is 0.128 e. The lowest BCUT2D eigenvalue weighted by Gasteiger charge is -2.12. The van der Waals surface area contributed by atoms with Crippen molar-refractivity contribution in [2.45, 2.75) is 6.54 Å². The lowest BCUT2D eigenvalue weighted by molar-refractivity contribution is 0.626. The second-order valence-corrected chi connectivity index (χ2v) is 4.28. The van der Waals surface area contributed by atoms with Crippen molar-refractivity contribution in [3.8, 4) is 0 Å². The molecule has 0 amide bonds. The van der Waals surface area contributed by atoms with Crippen LogP contribution in [0.25, 0.3) is 0 Å². The summed E-state index contributed by atoms with van der Waals surface area (Å²) in [6, 6.07) is 10.5. The molecule has 1 N–H and O–H groups in total. The average molecular weight is 245 g/mol. The van der Waals surface area contributed by atoms with E-state index in [2.05, 4.69) is 10.3 Å². The van der Waals surface area contributed by atoms with Crippen LogP contribution in [0.4, 0.5) is 15.9 Å². The van der Waals surface area contributed by atoms with Gasteiger partial charge in [0.2, 0.25) is 0 Å². The Morgan fingerprint density at radius 2 is 2.06 bits per heavy atom. The molecule has 0 unspecified atom stereocenters. The van der Waals surface area contributed by atoms with Crippen LogP contribution in [0.3, 0.4) is 0 Å². The Morgan fingerprint density at radius 3 is 2.67 bits per heavy atom. The van der Waals surface area contributed by atoms with Gasteiger partial charge in [0, 0.05) is 20.6 Å². The van der Waals surface area contributed by atoms with E-state index in [-0.39, 0.29) is 5.82 Å². The highest BCUT2D eigenvalue weighted by Gasteiger charge is 1.98. The van der Waals surface area contributed by atoms with Crippen LogP contribution >= 0.6 is 0 Å². The van der Waals surface area contributed by atoms with Gasteiger partial charge in [-0.15, -0.1) is 0 Å². The van der Waals surface area contributed by atoms with Crippen molar-refractivity contribution in [2.24, 2.45) is 0 Å². The van der Waals surface area contributed by atoms with Crippen LogP contribution in [0.1, 0.15) is 5.56 Å². The number of nitrogens with one attached hydrogen (secondary N) is 1. The molecule has 0 bridgehead atoms. The molecule has 94 valence electrons. The number of benzene rings is 1. The molecule has 18 heavy (non-hydrogen) atoms. The van der Waals surface area contributed by atoms with Crippen molar-refractivity contribution in [3.63, 3.8) is 0 Å². The van der Waals surface area contributed by atoms with E-state index >= 15 is 0 Å². The largest absolute Gasteiger partial charge is 0.380 e. The van der Waals surface area contributed by atoms with Crippen LogP contribution < -0.4 is 10.2 Å². The van der Waals surface area contributed by atoms with Crippen molar-refractivity contribution < 1.29 is 4.39 Å². The molecule has 0 atom stereocenters. The summed E-state index contributed by atoms with van der Waals surface area (Å²) in [7, 11) is 3.89. The molecule has 0 aliphatic heterocycles. The minimum atomic E-state index is -0.213. The van der Waals surface area contributed by atoms with Crippen molar-refractivity contribution in [2.75, 3.05) is 24.3 Å². The van der Waals surface area contributed by atoms with Crippen molar-refractivity contribution in [1.29, 1.82) is 0 Å². The molecule has 1 aromatic heterocycles. The monoisotopic (exact) mass is 245 g/mol. The lowest BCUT2D eigenvalue weighted by Crippen LogP contribution is -2.10. The van der Waals surface area contributed by atoms with E-state index in [9.17, 15) is 4.39 Å². The topological polar surface area (TPSA) is 28.2 Å². The normalized spacial score (nSPS) is 10.2. The molecular weight excluding hydrogens is 229 g/mol. The van der Waals surface area contributed by atoms with Crippen molar-refractivity contribution in [1.82, 2.24) is 4.98 Å². The zero-order valence-corrected chi connectivity index (χ0v) is 10.5. The predicted molar refractivity (Wildman–Crippen MR) is 72.3 cm³/mol. The summed E-state index contributed by atoms with van der Waals surface area (Å²) in [5.74, 6) is 0.696. The molecule has 2 aromatic rings. The van der Waals surface area contributed by atoms with Crippen LogP contribution in [0, 0.1) is 5.82 Å². The predicted octanol–water partition coefficient (Wildman–Crippen LogP) is 2.90. The van der Waals surface area contributed by atoms with E-state index in [0.717, 1.165) is 17.1 Å². The standard InChI is InChI=1S/C14H16FN3/c1-18(2)14-7-6-13(10-17-14)16-9-11-4-3-5-12(15)8-11/h3-8,10,16H,9H2,1-2H3. The smallest absolute Gasteiger partial charge is 0.128 e. The maximum atomic E-state index is 13.0. The Morgan fingerprint density at radius 1 is 1.22 bits per heavy atom. The summed E-state index contributed by atoms with van der Waals surface area (Å²) in [5.41, 5.74) is 1.83. The number of hydrogen-bond acceptors (Lipinski definition) is 3. The Hall–Kier alpha value is -2.10. The Bertz CT molecular complexity index is 509. The summed E-state index contributed by atoms with van der Waals surface area (Å²) >= 11 is 0. The van der Waals surface area contributed by atoms with E-state index in [1.807, 2.05) is 37.2 Å². The van der Waals surface area contributed by atoms with Gasteiger partial charge in [-0.05, 0) is 29.8 Å². The fraction of sp³-hybridized carbons (Fsp3) is 0.214. The summed E-state index contributed by atoms with van der Waals surface area (Å²) in [4.78, 5) is 6.24. The maximum absolute atomic E-state index is 13.0. The first-order valence-corrected chi connectivity index (χ1v) is 5.77. The van der Waals surface area contributed by atoms with E-state index in [1.54, 1.807) is 12.3 Å². The Balaban J connectivity index is 1.98. The van der Waals surface area contributed by atoms with Crippen LogP contribution in [0.5, 0.6) is 0 Å². The molecule has 0 saturated carbocycles. The fourth-order valence-corrected chi connectivity index (χ4v) is 1.61. The minimum Gasteiger partial charge on any atom is -0.380 e. The number of hydrogen-bond donors (Lipinski definition) is 1. The lowest BCUT2D eigenvalue weighted by atomic mass is 10.2. The van der Waals surface area contributed by atoms with E-state index < -0.39 is 0 Å². The number of rotatable bonds is 4. The highest BCUT2D eigenvalue weighted by Crippen LogP contribution is 2.13. The zero-order chi connectivity index (χ0) is 13.0. The Kier molecular flexibility index (Phi) is 3.77. The van der Waals surface area contributed by atoms with Gasteiger partial charge in [0.1, 0.15) is 11.6 Å². The first-order valence-electron chi connectivity index (χ1n) is 5.77. The molecule has 0 aliphatic rings. The third kappa shape index (κ3) is 3.20. The highest BCUT2D eigenvalue weighted by molar-refractivity contribution is 5.48. The van der Waals surface area contributed by atoms with Gasteiger partial charge < -0.3 is 10.2 Å². The molecule has 0 aliphatic carbocycles. The van der Waals surface area contributed by atoms with Crippen molar-refractivity contribution >= 4 is 11.5 Å². The van der Waals surface area contributed by atoms with Crippen LogP contribution in [-0.4, -0.2) is 19.1 Å². The van der Waals surface area contributed by atoms with Gasteiger partial charge in [-0.3, -0.25) is 0 Å². The number of aromatic nitrogens is 1. The number of halogens is 1. The highest BCUT2D eigenvalue weighted by atomic mass is 19.1. The molecule has 0 spiro atoms. The average Bonchev–Trinajstić information content (AvgIpc) is 2.37. The van der Waals surface area contributed by atoms with Crippen molar-refractivity contribution in [3.05, 3.63) is 54.0 Å². The van der Waals surface area contributed by atoms with Gasteiger partial charge >= 0.3 is 0 Å². The van der Waals surface area contributed by atoms with E-state index in [1.165, 1.54) is 12.1 Å². The summed E-state index contributed by atoms with van der Waals surface area (Å²) in [6.07, 6.45) is 1.77. The van der Waals surface area contributed by atoms with Crippen LogP contribution in [0.15, 0.2) is 42.6 Å². The van der Waals surface area contributed by atoms with Gasteiger partial charge in [0.25, 0.3) is 0 Å². The molecular formula is C14H16FN3. The minimum absolute atomic E-state index is 0.213. The summed E-state index contributed by atoms with van der Waals surface area (Å²) < 4.78 is 13.0. The Labute approximate surface area is 106 Å². The molecule has 0 saturated heterocycles. The molecule has 0 fully saturated rings. The molecule has 4 heteroatoms. The SMILES string of the molecule is CN(C)c1ccc(NCc2cccc(F)c2)cn1. The molecule has 0 radical (unpaired) electrons. The first-order chi connectivity index (χ1) is 8.65. The summed E-state index contributed by atoms with van der Waals surface area (Å²) in [6.45, 7) is 0.584. The third-order valence-corrected chi connectivity index (χ3v) is 2.59. The molecule has 3 nitrogen and oxygen atoms in total. The fourth-order valence-electron chi connectivity index (χ4n) is 1.61. The number of pyridine rings is 1. The first kappa shape index (κ1) is 12.4. The van der Waals surface area contributed by atoms with Gasteiger partial charge in [-0.2, -0.15) is 0 Å². The van der Waals surface area contributed by atoms with Gasteiger partial charge in [0.05, 0.1) is 11.9 Å². The molecule has 1 heterocycles. The number of nitrogens with zero attached hydrogens (tertiary/aromatic N) is 2. The van der Waals surface area contributed by atoms with E-state index in [4.69, 9.17) is 0 Å². The molecule has 1 aromatic carbocycles. The van der Waals surface area contributed by atoms with Gasteiger partial charge in [-0.1, -0.05) is 12.1 Å². The quantitative estimate of drug-likeness (QED) is 0.897. The third-order valence-electron chi connectivity index (χ3n) is 2.59. The van der Waals surface area contributed by atoms with Crippen LogP contribution in [-0.2, 0) is 6.54 Å². The van der Waals surface area contributed by atoms with Crippen LogP contribution in [0.2, 0.25) is 0 Å². The zero-order valence-electron chi connectivity index (χ0n) is 10.5. The summed E-state index contributed by atoms with van der Waals surface area (Å²) in [5, 5.41) is 3.21. The number of anilines is 2. The second kappa shape index (κ2) is 5.49. The molecule has 2 rings (SSSR count). The second-order valence-electron chi connectivity index (χ2n) is 4.28. The van der Waals surface area contributed by atoms with Gasteiger partial charge in [0.15, 0.2) is 0 Å². The van der Waals surface area contributed by atoms with Gasteiger partial charge in [-0.25, -0.2) is 9.37 Å². The van der Waals surface area contributed by atoms with E-state index in [0.29, 0.717) is 6.54 Å².